The quantitative estimate of drug-likeness (QED) is 0.857. The molecule has 5 heteroatoms. The Kier molecular flexibility index (Phi) is 5.42. The van der Waals surface area contributed by atoms with Gasteiger partial charge in [-0.15, -0.1) is 0 Å². The number of rotatable bonds is 6. The smallest absolute Gasteiger partial charge is 0.272 e. The fraction of sp³-hybridized carbons (Fsp3) is 0.312. The molecule has 0 saturated carbocycles. The third-order valence-electron chi connectivity index (χ3n) is 3.20. The van der Waals surface area contributed by atoms with Gasteiger partial charge in [-0.3, -0.25) is 4.79 Å². The van der Waals surface area contributed by atoms with Crippen molar-refractivity contribution >= 4 is 23.2 Å². The Hall–Kier alpha value is -1.78. The first-order valence-corrected chi connectivity index (χ1v) is 7.48. The van der Waals surface area contributed by atoms with Crippen LogP contribution in [-0.2, 0) is 13.1 Å². The molecule has 2 aromatic rings. The second-order valence-corrected chi connectivity index (χ2v) is 5.20. The highest BCUT2D eigenvalue weighted by molar-refractivity contribution is 6.31. The van der Waals surface area contributed by atoms with E-state index in [9.17, 15) is 4.79 Å². The minimum atomic E-state index is -0.149. The summed E-state index contributed by atoms with van der Waals surface area (Å²) in [6, 6.07) is 9.51. The van der Waals surface area contributed by atoms with E-state index in [0.717, 1.165) is 24.3 Å². The van der Waals surface area contributed by atoms with Gasteiger partial charge in [0.15, 0.2) is 0 Å². The van der Waals surface area contributed by atoms with Gasteiger partial charge >= 0.3 is 0 Å². The summed E-state index contributed by atoms with van der Waals surface area (Å²) in [6.45, 7) is 6.45. The van der Waals surface area contributed by atoms with Crippen LogP contribution in [0.25, 0.3) is 0 Å². The van der Waals surface area contributed by atoms with Crippen molar-refractivity contribution in [2.45, 2.75) is 26.9 Å². The lowest BCUT2D eigenvalue weighted by Gasteiger charge is -2.09. The normalized spacial score (nSPS) is 10.6. The number of carbonyl (C=O) groups is 1. The van der Waals surface area contributed by atoms with E-state index >= 15 is 0 Å². The zero-order chi connectivity index (χ0) is 15.2. The summed E-state index contributed by atoms with van der Waals surface area (Å²) in [5, 5.41) is 6.75. The van der Waals surface area contributed by atoms with Crippen molar-refractivity contribution in [1.82, 2.24) is 9.88 Å². The third kappa shape index (κ3) is 4.09. The number of nitrogens with one attached hydrogen (secondary N) is 2. The molecule has 0 spiro atoms. The Morgan fingerprint density at radius 3 is 2.81 bits per heavy atom. The van der Waals surface area contributed by atoms with Crippen LogP contribution in [0.2, 0.25) is 5.02 Å². The van der Waals surface area contributed by atoms with Crippen molar-refractivity contribution in [1.29, 1.82) is 0 Å². The van der Waals surface area contributed by atoms with E-state index in [-0.39, 0.29) is 5.91 Å². The first-order chi connectivity index (χ1) is 10.1. The van der Waals surface area contributed by atoms with Gasteiger partial charge in [0.1, 0.15) is 5.69 Å². The Morgan fingerprint density at radius 1 is 1.29 bits per heavy atom. The van der Waals surface area contributed by atoms with Crippen molar-refractivity contribution in [2.75, 3.05) is 11.9 Å². The van der Waals surface area contributed by atoms with Gasteiger partial charge in [0.05, 0.1) is 5.02 Å². The lowest BCUT2D eigenvalue weighted by molar-refractivity contribution is 0.101. The van der Waals surface area contributed by atoms with E-state index in [0.29, 0.717) is 17.3 Å². The molecule has 0 radical (unpaired) electrons. The molecule has 2 N–H and O–H groups in total. The summed E-state index contributed by atoms with van der Waals surface area (Å²) >= 11 is 5.96. The minimum Gasteiger partial charge on any atom is -0.342 e. The number of aryl methyl sites for hydroxylation is 1. The van der Waals surface area contributed by atoms with E-state index in [1.165, 1.54) is 0 Å². The summed E-state index contributed by atoms with van der Waals surface area (Å²) in [7, 11) is 0. The molecule has 0 atom stereocenters. The number of hydrogen-bond acceptors (Lipinski definition) is 2. The van der Waals surface area contributed by atoms with E-state index in [1.807, 2.05) is 35.8 Å². The first-order valence-electron chi connectivity index (χ1n) is 7.10. The summed E-state index contributed by atoms with van der Waals surface area (Å²) in [5.41, 5.74) is 2.49. The molecule has 2 rings (SSSR count). The van der Waals surface area contributed by atoms with Crippen LogP contribution in [-0.4, -0.2) is 17.0 Å². The number of amides is 1. The predicted molar refractivity (Wildman–Crippen MR) is 86.9 cm³/mol. The SMILES string of the molecule is CCNCc1cccc(NC(=O)c2cc(Cl)cn2CC)c1. The van der Waals surface area contributed by atoms with Crippen molar-refractivity contribution in [3.8, 4) is 0 Å². The maximum atomic E-state index is 12.3. The highest BCUT2D eigenvalue weighted by atomic mass is 35.5. The standard InChI is InChI=1S/C16H20ClN3O/c1-3-18-10-12-6-5-7-14(8-12)19-16(21)15-9-13(17)11-20(15)4-2/h5-9,11,18H,3-4,10H2,1-2H3,(H,19,21). The molecule has 0 saturated heterocycles. The van der Waals surface area contributed by atoms with Crippen LogP contribution in [0, 0.1) is 0 Å². The van der Waals surface area contributed by atoms with Crippen LogP contribution < -0.4 is 10.6 Å². The van der Waals surface area contributed by atoms with Crippen molar-refractivity contribution < 1.29 is 4.79 Å². The van der Waals surface area contributed by atoms with Gasteiger partial charge in [0, 0.05) is 25.0 Å². The highest BCUT2D eigenvalue weighted by Crippen LogP contribution is 2.17. The monoisotopic (exact) mass is 305 g/mol. The molecule has 1 aromatic heterocycles. The molecule has 0 bridgehead atoms. The number of hydrogen-bond donors (Lipinski definition) is 2. The molecule has 21 heavy (non-hydrogen) atoms. The molecule has 4 nitrogen and oxygen atoms in total. The molecule has 1 heterocycles. The summed E-state index contributed by atoms with van der Waals surface area (Å²) in [4.78, 5) is 12.3. The fourth-order valence-electron chi connectivity index (χ4n) is 2.15. The first kappa shape index (κ1) is 15.6. The summed E-state index contributed by atoms with van der Waals surface area (Å²) < 4.78 is 1.83. The van der Waals surface area contributed by atoms with Gasteiger partial charge in [0.2, 0.25) is 0 Å². The molecule has 0 unspecified atom stereocenters. The molecule has 112 valence electrons. The van der Waals surface area contributed by atoms with Crippen LogP contribution in [0.3, 0.4) is 0 Å². The van der Waals surface area contributed by atoms with Gasteiger partial charge in [-0.1, -0.05) is 30.7 Å². The Morgan fingerprint density at radius 2 is 2.10 bits per heavy atom. The fourth-order valence-corrected chi connectivity index (χ4v) is 2.37. The number of benzene rings is 1. The number of carbonyl (C=O) groups excluding carboxylic acids is 1. The third-order valence-corrected chi connectivity index (χ3v) is 3.41. The molecule has 0 aliphatic carbocycles. The second kappa shape index (κ2) is 7.29. The topological polar surface area (TPSA) is 46.1 Å². The zero-order valence-corrected chi connectivity index (χ0v) is 13.1. The van der Waals surface area contributed by atoms with Crippen LogP contribution in [0.4, 0.5) is 5.69 Å². The maximum absolute atomic E-state index is 12.3. The van der Waals surface area contributed by atoms with E-state index in [1.54, 1.807) is 12.3 Å². The lowest BCUT2D eigenvalue weighted by atomic mass is 10.2. The second-order valence-electron chi connectivity index (χ2n) is 4.76. The van der Waals surface area contributed by atoms with E-state index < -0.39 is 0 Å². The van der Waals surface area contributed by atoms with E-state index in [4.69, 9.17) is 11.6 Å². The maximum Gasteiger partial charge on any atom is 0.272 e. The molecule has 1 aromatic carbocycles. The van der Waals surface area contributed by atoms with Crippen LogP contribution in [0.15, 0.2) is 36.5 Å². The zero-order valence-electron chi connectivity index (χ0n) is 12.3. The highest BCUT2D eigenvalue weighted by Gasteiger charge is 2.12. The number of nitrogens with zero attached hydrogens (tertiary/aromatic N) is 1. The minimum absolute atomic E-state index is 0.149. The van der Waals surface area contributed by atoms with Gasteiger partial charge in [-0.05, 0) is 37.2 Å². The van der Waals surface area contributed by atoms with Crippen molar-refractivity contribution in [3.05, 3.63) is 52.8 Å². The molecular weight excluding hydrogens is 286 g/mol. The molecular formula is C16H20ClN3O. The Balaban J connectivity index is 2.11. The lowest BCUT2D eigenvalue weighted by Crippen LogP contribution is -2.17. The molecule has 0 aliphatic rings. The molecule has 0 fully saturated rings. The average molecular weight is 306 g/mol. The van der Waals surface area contributed by atoms with Crippen LogP contribution >= 0.6 is 11.6 Å². The van der Waals surface area contributed by atoms with Crippen molar-refractivity contribution in [2.24, 2.45) is 0 Å². The largest absolute Gasteiger partial charge is 0.342 e. The Bertz CT molecular complexity index is 622. The Labute approximate surface area is 130 Å². The average Bonchev–Trinajstić information content (AvgIpc) is 2.87. The summed E-state index contributed by atoms with van der Waals surface area (Å²) in [6.07, 6.45) is 1.76. The van der Waals surface area contributed by atoms with Gasteiger partial charge in [0.25, 0.3) is 5.91 Å². The number of aromatic nitrogens is 1. The number of halogens is 1. The van der Waals surface area contributed by atoms with Gasteiger partial charge in [-0.2, -0.15) is 0 Å². The van der Waals surface area contributed by atoms with Gasteiger partial charge < -0.3 is 15.2 Å². The number of anilines is 1. The molecule has 1 amide bonds. The van der Waals surface area contributed by atoms with Crippen molar-refractivity contribution in [3.63, 3.8) is 0 Å². The molecule has 0 aliphatic heterocycles. The van der Waals surface area contributed by atoms with Crippen LogP contribution in [0.5, 0.6) is 0 Å². The summed E-state index contributed by atoms with van der Waals surface area (Å²) in [5.74, 6) is -0.149. The van der Waals surface area contributed by atoms with E-state index in [2.05, 4.69) is 17.6 Å². The van der Waals surface area contributed by atoms with Crippen LogP contribution in [0.1, 0.15) is 29.9 Å². The van der Waals surface area contributed by atoms with Gasteiger partial charge in [-0.25, -0.2) is 0 Å². The predicted octanol–water partition coefficient (Wildman–Crippen LogP) is 3.52.